The third kappa shape index (κ3) is 6.71. The van der Waals surface area contributed by atoms with Gasteiger partial charge >= 0.3 is 6.09 Å². The molecule has 1 N–H and O–H groups in total. The standard InChI is InChI=1S/C29H35ClN6O3/c1-29(2,3)39-28(38)35-16-14-34(15-17-35)26-23-6-4-5-7-24(23)32-27(33-26)31-22-12-13-36(19-22)25(37)18-20-8-10-21(30)11-9-20/h4-11,22H,12-19H2,1-3H3,(H,31,32,33)/t22-/m0/s1. The van der Waals surface area contributed by atoms with Gasteiger partial charge in [-0.15, -0.1) is 0 Å². The number of aromatic nitrogens is 2. The number of piperazine rings is 1. The predicted molar refractivity (Wildman–Crippen MR) is 153 cm³/mol. The number of carbonyl (C=O) groups excluding carboxylic acids is 2. The van der Waals surface area contributed by atoms with Crippen LogP contribution in [-0.4, -0.2) is 82.7 Å². The maximum atomic E-state index is 12.9. The molecule has 2 saturated heterocycles. The van der Waals surface area contributed by atoms with Crippen molar-refractivity contribution < 1.29 is 14.3 Å². The summed E-state index contributed by atoms with van der Waals surface area (Å²) in [5, 5.41) is 5.11. The lowest BCUT2D eigenvalue weighted by Crippen LogP contribution is -2.50. The van der Waals surface area contributed by atoms with Gasteiger partial charge in [0, 0.05) is 55.7 Å². The van der Waals surface area contributed by atoms with Crippen LogP contribution in [0.15, 0.2) is 48.5 Å². The van der Waals surface area contributed by atoms with E-state index in [1.165, 1.54) is 0 Å². The molecule has 2 aromatic carbocycles. The number of hydrogen-bond donors (Lipinski definition) is 1. The van der Waals surface area contributed by atoms with Gasteiger partial charge in [0.15, 0.2) is 0 Å². The fourth-order valence-electron chi connectivity index (χ4n) is 4.97. The van der Waals surface area contributed by atoms with E-state index in [0.717, 1.165) is 28.7 Å². The van der Waals surface area contributed by atoms with Crippen LogP contribution < -0.4 is 10.2 Å². The minimum absolute atomic E-state index is 0.0668. The lowest BCUT2D eigenvalue weighted by molar-refractivity contribution is -0.129. The van der Waals surface area contributed by atoms with Gasteiger partial charge in [0.2, 0.25) is 11.9 Å². The number of para-hydroxylation sites is 1. The Morgan fingerprint density at radius 3 is 2.41 bits per heavy atom. The summed E-state index contributed by atoms with van der Waals surface area (Å²) in [7, 11) is 0. The van der Waals surface area contributed by atoms with Crippen LogP contribution in [0.1, 0.15) is 32.8 Å². The van der Waals surface area contributed by atoms with E-state index in [0.29, 0.717) is 56.7 Å². The Morgan fingerprint density at radius 2 is 1.69 bits per heavy atom. The second-order valence-corrected chi connectivity index (χ2v) is 11.6. The quantitative estimate of drug-likeness (QED) is 0.496. The van der Waals surface area contributed by atoms with E-state index in [4.69, 9.17) is 26.3 Å². The number of nitrogens with zero attached hydrogens (tertiary/aromatic N) is 5. The number of amides is 2. The highest BCUT2D eigenvalue weighted by Gasteiger charge is 2.29. The van der Waals surface area contributed by atoms with Gasteiger partial charge in [-0.05, 0) is 57.0 Å². The Bertz CT molecular complexity index is 1340. The topological polar surface area (TPSA) is 90.9 Å². The van der Waals surface area contributed by atoms with Gasteiger partial charge in [0.05, 0.1) is 11.9 Å². The molecule has 39 heavy (non-hydrogen) atoms. The summed E-state index contributed by atoms with van der Waals surface area (Å²) >= 11 is 5.97. The third-order valence-electron chi connectivity index (χ3n) is 6.96. The van der Waals surface area contributed by atoms with E-state index in [2.05, 4.69) is 10.2 Å². The number of anilines is 2. The Balaban J connectivity index is 1.25. The third-order valence-corrected chi connectivity index (χ3v) is 7.21. The number of halogens is 1. The maximum absolute atomic E-state index is 12.9. The zero-order valence-electron chi connectivity index (χ0n) is 22.7. The zero-order chi connectivity index (χ0) is 27.6. The molecule has 2 fully saturated rings. The van der Waals surface area contributed by atoms with Crippen molar-refractivity contribution in [1.29, 1.82) is 0 Å². The van der Waals surface area contributed by atoms with Crippen molar-refractivity contribution in [3.05, 3.63) is 59.1 Å². The number of carbonyl (C=O) groups is 2. The van der Waals surface area contributed by atoms with Crippen LogP contribution in [0, 0.1) is 0 Å². The monoisotopic (exact) mass is 550 g/mol. The van der Waals surface area contributed by atoms with E-state index >= 15 is 0 Å². The van der Waals surface area contributed by atoms with Gasteiger partial charge in [0.1, 0.15) is 11.4 Å². The van der Waals surface area contributed by atoms with Crippen LogP contribution in [0.4, 0.5) is 16.6 Å². The largest absolute Gasteiger partial charge is 0.444 e. The molecular formula is C29H35ClN6O3. The van der Waals surface area contributed by atoms with Gasteiger partial charge < -0.3 is 24.8 Å². The molecule has 0 bridgehead atoms. The van der Waals surface area contributed by atoms with Crippen LogP contribution in [-0.2, 0) is 16.0 Å². The van der Waals surface area contributed by atoms with Gasteiger partial charge in [-0.2, -0.15) is 4.98 Å². The Morgan fingerprint density at radius 1 is 0.974 bits per heavy atom. The maximum Gasteiger partial charge on any atom is 0.410 e. The summed E-state index contributed by atoms with van der Waals surface area (Å²) in [6, 6.07) is 15.4. The highest BCUT2D eigenvalue weighted by Crippen LogP contribution is 2.27. The van der Waals surface area contributed by atoms with E-state index in [9.17, 15) is 9.59 Å². The number of fused-ring (bicyclic) bond motifs is 1. The van der Waals surface area contributed by atoms with Crippen molar-refractivity contribution in [2.45, 2.75) is 45.3 Å². The fraction of sp³-hybridized carbons (Fsp3) is 0.448. The normalized spacial score (nSPS) is 17.9. The van der Waals surface area contributed by atoms with Crippen molar-refractivity contribution >= 4 is 46.3 Å². The molecule has 0 aliphatic carbocycles. The highest BCUT2D eigenvalue weighted by atomic mass is 35.5. The molecule has 1 aromatic heterocycles. The van der Waals surface area contributed by atoms with Gasteiger partial charge in [-0.25, -0.2) is 9.78 Å². The summed E-state index contributed by atoms with van der Waals surface area (Å²) in [5.41, 5.74) is 1.29. The molecular weight excluding hydrogens is 516 g/mol. The van der Waals surface area contributed by atoms with Crippen LogP contribution in [0.25, 0.3) is 10.9 Å². The first-order valence-electron chi connectivity index (χ1n) is 13.4. The van der Waals surface area contributed by atoms with Crippen molar-refractivity contribution in [2.24, 2.45) is 0 Å². The number of rotatable bonds is 5. The molecule has 2 amide bonds. The molecule has 2 aliphatic heterocycles. The smallest absolute Gasteiger partial charge is 0.410 e. The Kier molecular flexibility index (Phi) is 7.79. The summed E-state index contributed by atoms with van der Waals surface area (Å²) in [5.74, 6) is 1.50. The summed E-state index contributed by atoms with van der Waals surface area (Å²) in [6.45, 7) is 9.34. The van der Waals surface area contributed by atoms with E-state index in [1.54, 1.807) is 4.90 Å². The molecule has 2 aliphatic rings. The minimum atomic E-state index is -0.520. The first-order valence-corrected chi connectivity index (χ1v) is 13.8. The van der Waals surface area contributed by atoms with E-state index < -0.39 is 5.60 Å². The summed E-state index contributed by atoms with van der Waals surface area (Å²) < 4.78 is 5.54. The minimum Gasteiger partial charge on any atom is -0.444 e. The van der Waals surface area contributed by atoms with Crippen LogP contribution >= 0.6 is 11.6 Å². The molecule has 1 atom stereocenters. The van der Waals surface area contributed by atoms with Crippen LogP contribution in [0.5, 0.6) is 0 Å². The second-order valence-electron chi connectivity index (χ2n) is 11.1. The van der Waals surface area contributed by atoms with Crippen LogP contribution in [0.3, 0.4) is 0 Å². The molecule has 0 spiro atoms. The van der Waals surface area contributed by atoms with Crippen molar-refractivity contribution in [3.8, 4) is 0 Å². The van der Waals surface area contributed by atoms with Crippen molar-refractivity contribution in [2.75, 3.05) is 49.5 Å². The molecule has 0 unspecified atom stereocenters. The van der Waals surface area contributed by atoms with Gasteiger partial charge in [-0.1, -0.05) is 35.9 Å². The van der Waals surface area contributed by atoms with Crippen molar-refractivity contribution in [3.63, 3.8) is 0 Å². The lowest BCUT2D eigenvalue weighted by atomic mass is 10.1. The first kappa shape index (κ1) is 27.0. The molecule has 3 aromatic rings. The number of ether oxygens (including phenoxy) is 1. The van der Waals surface area contributed by atoms with Crippen molar-refractivity contribution in [1.82, 2.24) is 19.8 Å². The molecule has 0 saturated carbocycles. The average Bonchev–Trinajstić information content (AvgIpc) is 3.37. The van der Waals surface area contributed by atoms with Crippen LogP contribution in [0.2, 0.25) is 5.02 Å². The zero-order valence-corrected chi connectivity index (χ0v) is 23.4. The number of likely N-dealkylation sites (tertiary alicyclic amines) is 1. The molecule has 206 valence electrons. The number of benzene rings is 2. The second kappa shape index (κ2) is 11.3. The number of nitrogens with one attached hydrogen (secondary N) is 1. The van der Waals surface area contributed by atoms with E-state index in [1.807, 2.05) is 74.2 Å². The van der Waals surface area contributed by atoms with E-state index in [-0.39, 0.29) is 18.0 Å². The molecule has 3 heterocycles. The average molecular weight is 551 g/mol. The summed E-state index contributed by atoms with van der Waals surface area (Å²) in [6.07, 6.45) is 0.899. The Hall–Kier alpha value is -3.59. The molecule has 10 heteroatoms. The van der Waals surface area contributed by atoms with Gasteiger partial charge in [-0.3, -0.25) is 4.79 Å². The fourth-order valence-corrected chi connectivity index (χ4v) is 5.09. The summed E-state index contributed by atoms with van der Waals surface area (Å²) in [4.78, 5) is 40.9. The predicted octanol–water partition coefficient (Wildman–Crippen LogP) is 4.60. The SMILES string of the molecule is CC(C)(C)OC(=O)N1CCN(c2nc(N[C@H]3CCN(C(=O)Cc4ccc(Cl)cc4)C3)nc3ccccc23)CC1. The Labute approximate surface area is 234 Å². The molecule has 5 rings (SSSR count). The molecule has 9 nitrogen and oxygen atoms in total. The van der Waals surface area contributed by atoms with Gasteiger partial charge in [0.25, 0.3) is 0 Å². The lowest BCUT2D eigenvalue weighted by Gasteiger charge is -2.36. The number of hydrogen-bond acceptors (Lipinski definition) is 7. The highest BCUT2D eigenvalue weighted by molar-refractivity contribution is 6.30. The molecule has 0 radical (unpaired) electrons. The first-order chi connectivity index (χ1) is 18.6.